The van der Waals surface area contributed by atoms with Crippen LogP contribution in [0.1, 0.15) is 73.1 Å². The number of aliphatic hydroxyl groups excluding tert-OH is 1. The molecular formula is C47H64ClN7O9S. The zero-order chi connectivity index (χ0) is 46.4. The molecule has 0 bridgehead atoms. The van der Waals surface area contributed by atoms with E-state index in [9.17, 15) is 19.5 Å². The van der Waals surface area contributed by atoms with E-state index >= 15 is 0 Å². The van der Waals surface area contributed by atoms with Crippen LogP contribution in [0.2, 0.25) is 5.02 Å². The molecule has 3 aromatic rings. The first-order chi connectivity index (χ1) is 31.0. The summed E-state index contributed by atoms with van der Waals surface area (Å²) in [5.74, 6) is 0.770. The van der Waals surface area contributed by atoms with Crippen LogP contribution in [0.3, 0.4) is 0 Å². The van der Waals surface area contributed by atoms with Gasteiger partial charge in [0.1, 0.15) is 52.8 Å². The summed E-state index contributed by atoms with van der Waals surface area (Å²) in [6, 6.07) is 3.79. The van der Waals surface area contributed by atoms with Crippen LogP contribution < -0.4 is 25.4 Å². The van der Waals surface area contributed by atoms with E-state index in [1.165, 1.54) is 24.9 Å². The minimum atomic E-state index is -1.37. The lowest BCUT2D eigenvalue weighted by atomic mass is 9.85. The molecule has 354 valence electrons. The van der Waals surface area contributed by atoms with E-state index in [1.807, 2.05) is 52.1 Å². The number of alkyl carbamates (subject to hydrolysis) is 1. The van der Waals surface area contributed by atoms with Gasteiger partial charge in [-0.05, 0) is 75.3 Å². The highest BCUT2D eigenvalue weighted by Gasteiger charge is 2.62. The number of rotatable bonds is 18. The molecule has 0 spiro atoms. The van der Waals surface area contributed by atoms with Gasteiger partial charge in [0.2, 0.25) is 5.91 Å². The Hall–Kier alpha value is -4.26. The molecule has 65 heavy (non-hydrogen) atoms. The number of carbonyl (C=O) groups is 3. The molecule has 4 unspecified atom stereocenters. The molecule has 2 aliphatic heterocycles. The lowest BCUT2D eigenvalue weighted by molar-refractivity contribution is -0.148. The fourth-order valence-electron chi connectivity index (χ4n) is 9.85. The van der Waals surface area contributed by atoms with E-state index < -0.39 is 53.3 Å². The molecule has 0 radical (unpaired) electrons. The Morgan fingerprint density at radius 3 is 2.48 bits per heavy atom. The van der Waals surface area contributed by atoms with E-state index in [-0.39, 0.29) is 37.1 Å². The summed E-state index contributed by atoms with van der Waals surface area (Å²) in [4.78, 5) is 54.9. The van der Waals surface area contributed by atoms with Crippen LogP contribution >= 0.6 is 22.9 Å². The second kappa shape index (κ2) is 19.2. The highest BCUT2D eigenvalue weighted by Crippen LogP contribution is 2.52. The topological polar surface area (TPSA) is 186 Å². The number of aromatic nitrogens is 2. The molecule has 1 aromatic carbocycles. The number of carbonyl (C=O) groups excluding carboxylic acids is 3. The zero-order valence-corrected chi connectivity index (χ0v) is 40.0. The van der Waals surface area contributed by atoms with Gasteiger partial charge in [0.25, 0.3) is 0 Å². The third kappa shape index (κ3) is 10.3. The lowest BCUT2D eigenvalue weighted by Crippen LogP contribution is -2.61. The summed E-state index contributed by atoms with van der Waals surface area (Å²) in [5.41, 5.74) is -0.373. The Kier molecular flexibility index (Phi) is 13.9. The van der Waals surface area contributed by atoms with Crippen LogP contribution in [0.15, 0.2) is 36.2 Å². The van der Waals surface area contributed by atoms with Gasteiger partial charge < -0.3 is 44.7 Å². The minimum Gasteiger partial charge on any atom is -0.491 e. The maximum Gasteiger partial charge on any atom is 0.407 e. The molecule has 4 N–H and O–H groups in total. The number of nitrogens with zero attached hydrogens (tertiary/aromatic N) is 4. The number of pyridine rings is 1. The number of ether oxygens (including phenoxy) is 5. The standard InChI is InChI=1S/C47H64ClN7O9S/c1-9-28-21-47(28,43(58)61-8)53-41(56)35-19-31(23-55(35)42(57)40(46(4,5)6)52-45(59)64-30-17-26-16-27(26)18-30)63-37-20-33(34-24-65-44(51-34)49-25(2)3)50-39-32(37)10-11-36(38(39)48)62-15-14-54-13-12-29(22-54)60-7/h9-11,20,24-31,35,40,42,57H,1,12-19,21-23H2,2-8H3,(H,49,51)(H,52,59)(H,53,56)/t26-,27+,28-,29-,30?,31?,35+,40-,42?,47?/m1/s1. The molecule has 8 rings (SSSR count). The molecule has 4 heterocycles. The quantitative estimate of drug-likeness (QED) is 0.0829. The number of fused-ring (bicyclic) bond motifs is 2. The highest BCUT2D eigenvalue weighted by molar-refractivity contribution is 7.14. The summed E-state index contributed by atoms with van der Waals surface area (Å²) in [6.45, 7) is 16.7. The van der Waals surface area contributed by atoms with Gasteiger partial charge in [0.05, 0.1) is 36.5 Å². The smallest absolute Gasteiger partial charge is 0.407 e. The van der Waals surface area contributed by atoms with E-state index in [4.69, 9.17) is 45.3 Å². The number of likely N-dealkylation sites (tertiary alicyclic amines) is 2. The van der Waals surface area contributed by atoms with Crippen LogP contribution in [0.4, 0.5) is 9.93 Å². The van der Waals surface area contributed by atoms with Crippen molar-refractivity contribution in [3.63, 3.8) is 0 Å². The van der Waals surface area contributed by atoms with Crippen LogP contribution in [0.25, 0.3) is 22.3 Å². The first kappa shape index (κ1) is 47.2. The van der Waals surface area contributed by atoms with Crippen LogP contribution in [0.5, 0.6) is 11.5 Å². The Labute approximate surface area is 390 Å². The Morgan fingerprint density at radius 1 is 1.05 bits per heavy atom. The normalized spacial score (nSPS) is 28.4. The number of amides is 2. The van der Waals surface area contributed by atoms with Crippen molar-refractivity contribution >= 4 is 56.9 Å². The molecule has 2 saturated heterocycles. The first-order valence-corrected chi connectivity index (χ1v) is 24.1. The van der Waals surface area contributed by atoms with Crippen molar-refractivity contribution in [3.05, 3.63) is 41.3 Å². The molecule has 16 nitrogen and oxygen atoms in total. The van der Waals surface area contributed by atoms with Gasteiger partial charge in [0.15, 0.2) is 5.13 Å². The number of nitrogens with one attached hydrogen (secondary N) is 3. The van der Waals surface area contributed by atoms with Crippen molar-refractivity contribution < 1.29 is 43.2 Å². The van der Waals surface area contributed by atoms with Gasteiger partial charge in [0, 0.05) is 68.5 Å². The number of benzene rings is 1. The average Bonchev–Trinajstić information content (AvgIpc) is 3.74. The van der Waals surface area contributed by atoms with E-state index in [0.29, 0.717) is 70.2 Å². The van der Waals surface area contributed by atoms with E-state index in [2.05, 4.69) is 27.4 Å². The van der Waals surface area contributed by atoms with Crippen molar-refractivity contribution in [2.75, 3.05) is 52.3 Å². The number of halogens is 1. The second-order valence-corrected chi connectivity index (χ2v) is 21.0. The third-order valence-corrected chi connectivity index (χ3v) is 14.8. The molecule has 18 heteroatoms. The Morgan fingerprint density at radius 2 is 1.82 bits per heavy atom. The second-order valence-electron chi connectivity index (χ2n) is 19.8. The van der Waals surface area contributed by atoms with E-state index in [0.717, 1.165) is 37.5 Å². The molecule has 3 aliphatic carbocycles. The third-order valence-electron chi connectivity index (χ3n) is 13.7. The maximum absolute atomic E-state index is 14.5. The lowest BCUT2D eigenvalue weighted by Gasteiger charge is -2.40. The van der Waals surface area contributed by atoms with Crippen LogP contribution in [-0.2, 0) is 23.8 Å². The molecule has 5 aliphatic rings. The average molecular weight is 939 g/mol. The Bertz CT molecular complexity index is 2250. The maximum atomic E-state index is 14.5. The number of hydrogen-bond acceptors (Lipinski definition) is 15. The van der Waals surface area contributed by atoms with Crippen molar-refractivity contribution in [2.24, 2.45) is 23.2 Å². The summed E-state index contributed by atoms with van der Waals surface area (Å²) >= 11 is 8.61. The van der Waals surface area contributed by atoms with Gasteiger partial charge >= 0.3 is 12.1 Å². The summed E-state index contributed by atoms with van der Waals surface area (Å²) in [6.07, 6.45) is 3.36. The number of aliphatic hydroxyl groups is 1. The fraction of sp³-hybridized carbons (Fsp3) is 0.638. The Balaban J connectivity index is 1.09. The number of esters is 1. The van der Waals surface area contributed by atoms with Crippen molar-refractivity contribution in [1.82, 2.24) is 30.4 Å². The number of methoxy groups -OCH3 is 2. The largest absolute Gasteiger partial charge is 0.491 e. The van der Waals surface area contributed by atoms with E-state index in [1.54, 1.807) is 24.2 Å². The number of thiazole rings is 1. The van der Waals surface area contributed by atoms with Crippen LogP contribution in [-0.4, -0.2) is 138 Å². The van der Waals surface area contributed by atoms with Gasteiger partial charge in [-0.2, -0.15) is 0 Å². The number of hydrogen-bond donors (Lipinski definition) is 4. The van der Waals surface area contributed by atoms with Gasteiger partial charge in [-0.15, -0.1) is 17.9 Å². The molecule has 2 amide bonds. The molecule has 2 aromatic heterocycles. The zero-order valence-electron chi connectivity index (χ0n) is 38.4. The predicted molar refractivity (Wildman–Crippen MR) is 248 cm³/mol. The fourth-order valence-corrected chi connectivity index (χ4v) is 11.0. The molecule has 10 atom stereocenters. The molecular weight excluding hydrogens is 874 g/mol. The predicted octanol–water partition coefficient (Wildman–Crippen LogP) is 6.24. The highest BCUT2D eigenvalue weighted by atomic mass is 35.5. The van der Waals surface area contributed by atoms with Crippen molar-refractivity contribution in [2.45, 2.75) is 121 Å². The van der Waals surface area contributed by atoms with Crippen LogP contribution in [0, 0.1) is 23.2 Å². The van der Waals surface area contributed by atoms with Crippen molar-refractivity contribution in [1.29, 1.82) is 0 Å². The van der Waals surface area contributed by atoms with Crippen molar-refractivity contribution in [3.8, 4) is 22.9 Å². The molecule has 5 fully saturated rings. The molecule has 3 saturated carbocycles. The minimum absolute atomic E-state index is 0.0817. The number of anilines is 1. The SMILES string of the molecule is C=C[C@@H]1CC1(NC(=O)[C@@H]1CC(Oc2cc(-c3csc(NC(C)C)n3)nc3c(Cl)c(OCCN4CC[C@@H](OC)C4)ccc23)CN1C(O)[C@@H](NC(=O)OC1C[C@@H]2C[C@@H]2C1)C(C)(C)C)C(=O)OC. The summed E-state index contributed by atoms with van der Waals surface area (Å²) in [5, 5.41) is 25.2. The summed E-state index contributed by atoms with van der Waals surface area (Å²) in [7, 11) is 3.02. The van der Waals surface area contributed by atoms with Gasteiger partial charge in [-0.25, -0.2) is 19.6 Å². The first-order valence-electron chi connectivity index (χ1n) is 22.8. The van der Waals surface area contributed by atoms with Gasteiger partial charge in [-0.1, -0.05) is 38.4 Å². The monoisotopic (exact) mass is 937 g/mol. The summed E-state index contributed by atoms with van der Waals surface area (Å²) < 4.78 is 29.7. The van der Waals surface area contributed by atoms with Gasteiger partial charge in [-0.3, -0.25) is 14.6 Å².